The second kappa shape index (κ2) is 9.17. The summed E-state index contributed by atoms with van der Waals surface area (Å²) in [6, 6.07) is 13.5. The van der Waals surface area contributed by atoms with E-state index >= 15 is 0 Å². The molecule has 0 bridgehead atoms. The number of anilines is 1. The zero-order valence-electron chi connectivity index (χ0n) is 16.1. The van der Waals surface area contributed by atoms with Crippen molar-refractivity contribution in [3.63, 3.8) is 0 Å². The maximum Gasteiger partial charge on any atom is 0.255 e. The number of allylic oxidation sites excluding steroid dienone is 1. The maximum atomic E-state index is 12.5. The number of hydrogen-bond acceptors (Lipinski definition) is 3. The molecule has 0 aromatic heterocycles. The van der Waals surface area contributed by atoms with Crippen LogP contribution in [0, 0.1) is 6.92 Å². The molecule has 0 atom stereocenters. The number of sulfonamides is 1. The summed E-state index contributed by atoms with van der Waals surface area (Å²) in [5.41, 5.74) is 3.45. The van der Waals surface area contributed by atoms with E-state index in [4.69, 9.17) is 0 Å². The Labute approximate surface area is 166 Å². The summed E-state index contributed by atoms with van der Waals surface area (Å²) in [7, 11) is -3.58. The largest absolute Gasteiger partial charge is 0.322 e. The minimum Gasteiger partial charge on any atom is -0.322 e. The third-order valence-electron chi connectivity index (χ3n) is 4.94. The Balaban J connectivity index is 1.60. The van der Waals surface area contributed by atoms with Gasteiger partial charge in [0.2, 0.25) is 10.0 Å². The molecule has 3 rings (SSSR count). The predicted molar refractivity (Wildman–Crippen MR) is 112 cm³/mol. The van der Waals surface area contributed by atoms with Crippen molar-refractivity contribution in [2.45, 2.75) is 43.9 Å². The number of nitrogens with one attached hydrogen (secondary N) is 2. The van der Waals surface area contributed by atoms with Crippen molar-refractivity contribution < 1.29 is 13.2 Å². The summed E-state index contributed by atoms with van der Waals surface area (Å²) in [4.78, 5) is 12.6. The van der Waals surface area contributed by atoms with Crippen LogP contribution in [0.1, 0.15) is 48.0 Å². The minimum atomic E-state index is -3.58. The Hall–Kier alpha value is -2.44. The Bertz CT molecular complexity index is 964. The van der Waals surface area contributed by atoms with E-state index in [2.05, 4.69) is 16.1 Å². The fourth-order valence-corrected chi connectivity index (χ4v) is 4.29. The summed E-state index contributed by atoms with van der Waals surface area (Å²) in [6.45, 7) is 2.31. The van der Waals surface area contributed by atoms with Crippen molar-refractivity contribution in [2.24, 2.45) is 0 Å². The number of carbonyl (C=O) groups excluding carboxylic acids is 1. The van der Waals surface area contributed by atoms with Crippen molar-refractivity contribution in [3.05, 3.63) is 71.3 Å². The second-order valence-electron chi connectivity index (χ2n) is 7.05. The highest BCUT2D eigenvalue weighted by atomic mass is 32.2. The Morgan fingerprint density at radius 3 is 2.46 bits per heavy atom. The number of aryl methyl sites for hydroxylation is 1. The third-order valence-corrected chi connectivity index (χ3v) is 6.42. The highest BCUT2D eigenvalue weighted by Crippen LogP contribution is 2.20. The van der Waals surface area contributed by atoms with Gasteiger partial charge in [-0.1, -0.05) is 29.8 Å². The number of hydrogen-bond donors (Lipinski definition) is 2. The van der Waals surface area contributed by atoms with Gasteiger partial charge in [0.05, 0.1) is 4.90 Å². The van der Waals surface area contributed by atoms with Gasteiger partial charge in [-0.15, -0.1) is 0 Å². The fraction of sp³-hybridized carbons (Fsp3) is 0.318. The van der Waals surface area contributed by atoms with Gasteiger partial charge in [0, 0.05) is 17.8 Å². The lowest BCUT2D eigenvalue weighted by molar-refractivity contribution is 0.102. The number of benzene rings is 2. The Morgan fingerprint density at radius 1 is 1.04 bits per heavy atom. The summed E-state index contributed by atoms with van der Waals surface area (Å²) in [6.07, 6.45) is 7.53. The first kappa shape index (κ1) is 20.3. The summed E-state index contributed by atoms with van der Waals surface area (Å²) in [5.74, 6) is -0.268. The first-order valence-electron chi connectivity index (χ1n) is 9.60. The zero-order chi connectivity index (χ0) is 20.0. The summed E-state index contributed by atoms with van der Waals surface area (Å²) >= 11 is 0. The van der Waals surface area contributed by atoms with Gasteiger partial charge in [-0.05, 0) is 74.9 Å². The van der Waals surface area contributed by atoms with E-state index in [1.54, 1.807) is 0 Å². The van der Waals surface area contributed by atoms with Gasteiger partial charge in [-0.25, -0.2) is 13.1 Å². The van der Waals surface area contributed by atoms with Crippen LogP contribution in [0.5, 0.6) is 0 Å². The number of amides is 1. The predicted octanol–water partition coefficient (Wildman–Crippen LogP) is 4.42. The molecule has 0 unspecified atom stereocenters. The molecular weight excluding hydrogens is 372 g/mol. The number of rotatable bonds is 7. The molecule has 2 aromatic rings. The van der Waals surface area contributed by atoms with Crippen LogP contribution in [0.4, 0.5) is 5.69 Å². The molecule has 0 saturated heterocycles. The highest BCUT2D eigenvalue weighted by molar-refractivity contribution is 7.89. The van der Waals surface area contributed by atoms with E-state index < -0.39 is 10.0 Å². The van der Waals surface area contributed by atoms with Gasteiger partial charge < -0.3 is 5.32 Å². The van der Waals surface area contributed by atoms with Gasteiger partial charge in [0.15, 0.2) is 0 Å². The molecule has 148 valence electrons. The average Bonchev–Trinajstić information content (AvgIpc) is 2.70. The summed E-state index contributed by atoms with van der Waals surface area (Å²) < 4.78 is 27.6. The number of carbonyl (C=O) groups is 1. The van der Waals surface area contributed by atoms with Crippen molar-refractivity contribution >= 4 is 21.6 Å². The molecule has 0 saturated carbocycles. The van der Waals surface area contributed by atoms with Crippen LogP contribution in [0.25, 0.3) is 0 Å². The van der Waals surface area contributed by atoms with Gasteiger partial charge in [-0.3, -0.25) is 4.79 Å². The van der Waals surface area contributed by atoms with E-state index in [9.17, 15) is 13.2 Å². The smallest absolute Gasteiger partial charge is 0.255 e. The van der Waals surface area contributed by atoms with Crippen LogP contribution in [-0.4, -0.2) is 20.9 Å². The lowest BCUT2D eigenvalue weighted by atomic mass is 9.97. The first-order valence-corrected chi connectivity index (χ1v) is 11.1. The zero-order valence-corrected chi connectivity index (χ0v) is 16.9. The molecule has 5 nitrogen and oxygen atoms in total. The van der Waals surface area contributed by atoms with E-state index in [0.29, 0.717) is 12.1 Å². The quantitative estimate of drug-likeness (QED) is 0.678. The molecule has 6 heteroatoms. The van der Waals surface area contributed by atoms with Crippen LogP contribution >= 0.6 is 0 Å². The topological polar surface area (TPSA) is 75.3 Å². The Morgan fingerprint density at radius 2 is 1.79 bits per heavy atom. The van der Waals surface area contributed by atoms with Crippen molar-refractivity contribution in [2.75, 3.05) is 11.9 Å². The molecule has 0 radical (unpaired) electrons. The fourth-order valence-electron chi connectivity index (χ4n) is 3.25. The second-order valence-corrected chi connectivity index (χ2v) is 8.82. The van der Waals surface area contributed by atoms with E-state index in [-0.39, 0.29) is 10.8 Å². The lowest BCUT2D eigenvalue weighted by Crippen LogP contribution is -2.25. The maximum absolute atomic E-state index is 12.5. The third kappa shape index (κ3) is 5.30. The monoisotopic (exact) mass is 398 g/mol. The normalized spacial score (nSPS) is 14.4. The van der Waals surface area contributed by atoms with Gasteiger partial charge in [-0.2, -0.15) is 0 Å². The average molecular weight is 399 g/mol. The van der Waals surface area contributed by atoms with E-state index in [0.717, 1.165) is 30.5 Å². The van der Waals surface area contributed by atoms with Crippen LogP contribution in [0.2, 0.25) is 0 Å². The van der Waals surface area contributed by atoms with Crippen molar-refractivity contribution in [1.82, 2.24) is 4.72 Å². The molecule has 2 N–H and O–H groups in total. The van der Waals surface area contributed by atoms with E-state index in [1.165, 1.54) is 42.7 Å². The van der Waals surface area contributed by atoms with Crippen LogP contribution in [-0.2, 0) is 10.0 Å². The van der Waals surface area contributed by atoms with Crippen molar-refractivity contribution in [3.8, 4) is 0 Å². The SMILES string of the molecule is Cc1ccccc1NC(=O)c1ccc(S(=O)(=O)NCCC2=CCCCC2)cc1. The molecule has 1 aliphatic carbocycles. The van der Waals surface area contributed by atoms with Crippen molar-refractivity contribution in [1.29, 1.82) is 0 Å². The number of para-hydroxylation sites is 1. The van der Waals surface area contributed by atoms with Gasteiger partial charge in [0.25, 0.3) is 5.91 Å². The molecule has 1 aliphatic rings. The van der Waals surface area contributed by atoms with Gasteiger partial charge >= 0.3 is 0 Å². The lowest BCUT2D eigenvalue weighted by Gasteiger charge is -2.13. The molecule has 0 fully saturated rings. The standard InChI is InChI=1S/C22H26N2O3S/c1-17-7-5-6-10-21(17)24-22(25)19-11-13-20(14-12-19)28(26,27)23-16-15-18-8-3-2-4-9-18/h5-8,10-14,23H,2-4,9,15-16H2,1H3,(H,24,25). The first-order chi connectivity index (χ1) is 13.5. The molecule has 0 heterocycles. The molecule has 0 spiro atoms. The summed E-state index contributed by atoms with van der Waals surface area (Å²) in [5, 5.41) is 2.85. The molecule has 2 aromatic carbocycles. The van der Waals surface area contributed by atoms with Crippen LogP contribution in [0.3, 0.4) is 0 Å². The van der Waals surface area contributed by atoms with E-state index in [1.807, 2.05) is 31.2 Å². The molecule has 1 amide bonds. The highest BCUT2D eigenvalue weighted by Gasteiger charge is 2.15. The molecule has 28 heavy (non-hydrogen) atoms. The van der Waals surface area contributed by atoms with Crippen LogP contribution in [0.15, 0.2) is 65.1 Å². The van der Waals surface area contributed by atoms with Gasteiger partial charge in [0.1, 0.15) is 0 Å². The molecular formula is C22H26N2O3S. The van der Waals surface area contributed by atoms with Crippen LogP contribution < -0.4 is 10.0 Å². The molecule has 0 aliphatic heterocycles. The minimum absolute atomic E-state index is 0.164. The Kier molecular flexibility index (Phi) is 6.65.